The van der Waals surface area contributed by atoms with E-state index in [1.807, 2.05) is 6.20 Å². The van der Waals surface area contributed by atoms with Gasteiger partial charge in [-0.05, 0) is 55.5 Å². The molecule has 128 valence electrons. The van der Waals surface area contributed by atoms with Crippen LogP contribution in [-0.4, -0.2) is 34.6 Å². The summed E-state index contributed by atoms with van der Waals surface area (Å²) >= 11 is 0. The standard InChI is InChI=1S/C20H23N5/c1-4-21-20-23-13(3)17-10-16(12-25(5-2)19(17)24-20)15-7-6-14-8-9-22-18(14)11-15/h6-11,22H,4-5,12H2,1-3H3,(H,21,23,24). The second kappa shape index (κ2) is 6.24. The number of anilines is 2. The minimum absolute atomic E-state index is 0.710. The topological polar surface area (TPSA) is 56.8 Å². The van der Waals surface area contributed by atoms with Crippen molar-refractivity contribution in [2.45, 2.75) is 20.8 Å². The molecule has 2 aromatic heterocycles. The molecule has 5 nitrogen and oxygen atoms in total. The first kappa shape index (κ1) is 15.7. The minimum Gasteiger partial charge on any atom is -0.361 e. The lowest BCUT2D eigenvalue weighted by Gasteiger charge is -2.30. The number of aromatic amines is 1. The highest BCUT2D eigenvalue weighted by Crippen LogP contribution is 2.34. The van der Waals surface area contributed by atoms with Crippen LogP contribution in [0.4, 0.5) is 11.8 Å². The van der Waals surface area contributed by atoms with Crippen molar-refractivity contribution < 1.29 is 0 Å². The monoisotopic (exact) mass is 333 g/mol. The number of nitrogens with one attached hydrogen (secondary N) is 2. The summed E-state index contributed by atoms with van der Waals surface area (Å²) in [7, 11) is 0. The molecule has 3 heterocycles. The van der Waals surface area contributed by atoms with Gasteiger partial charge >= 0.3 is 0 Å². The summed E-state index contributed by atoms with van der Waals surface area (Å²) in [6, 6.07) is 8.70. The normalized spacial score (nSPS) is 13.7. The Kier molecular flexibility index (Phi) is 3.92. The number of hydrogen-bond donors (Lipinski definition) is 2. The Bertz CT molecular complexity index is 954. The van der Waals surface area contributed by atoms with Gasteiger partial charge in [0, 0.05) is 36.9 Å². The molecule has 0 amide bonds. The van der Waals surface area contributed by atoms with Crippen LogP contribution in [0.3, 0.4) is 0 Å². The quantitative estimate of drug-likeness (QED) is 0.755. The van der Waals surface area contributed by atoms with Gasteiger partial charge in [-0.3, -0.25) is 0 Å². The molecule has 1 aliphatic heterocycles. The molecule has 0 saturated heterocycles. The zero-order valence-electron chi connectivity index (χ0n) is 14.9. The number of hydrogen-bond acceptors (Lipinski definition) is 4. The van der Waals surface area contributed by atoms with E-state index in [4.69, 9.17) is 4.98 Å². The number of likely N-dealkylation sites (N-methyl/N-ethyl adjacent to an activating group) is 1. The third kappa shape index (κ3) is 2.76. The Labute approximate surface area is 147 Å². The van der Waals surface area contributed by atoms with Crippen molar-refractivity contribution in [3.8, 4) is 0 Å². The van der Waals surface area contributed by atoms with Crippen molar-refractivity contribution in [3.05, 3.63) is 47.3 Å². The summed E-state index contributed by atoms with van der Waals surface area (Å²) in [5.74, 6) is 1.73. The lowest BCUT2D eigenvalue weighted by atomic mass is 9.97. The highest BCUT2D eigenvalue weighted by molar-refractivity contribution is 5.93. The number of aryl methyl sites for hydroxylation is 1. The van der Waals surface area contributed by atoms with Gasteiger partial charge in [0.2, 0.25) is 5.95 Å². The van der Waals surface area contributed by atoms with Gasteiger partial charge in [0.15, 0.2) is 0 Å². The molecule has 0 unspecified atom stereocenters. The van der Waals surface area contributed by atoms with Gasteiger partial charge in [-0.1, -0.05) is 12.1 Å². The molecular weight excluding hydrogens is 310 g/mol. The molecule has 25 heavy (non-hydrogen) atoms. The third-order valence-corrected chi connectivity index (χ3v) is 4.74. The first-order chi connectivity index (χ1) is 12.2. The average Bonchev–Trinajstić information content (AvgIpc) is 3.09. The molecular formula is C20H23N5. The highest BCUT2D eigenvalue weighted by Gasteiger charge is 2.22. The Balaban J connectivity index is 1.82. The van der Waals surface area contributed by atoms with Crippen LogP contribution in [0.2, 0.25) is 0 Å². The maximum Gasteiger partial charge on any atom is 0.224 e. The molecule has 3 aromatic rings. The van der Waals surface area contributed by atoms with Gasteiger partial charge in [0.05, 0.1) is 5.69 Å². The van der Waals surface area contributed by atoms with E-state index in [0.717, 1.165) is 36.7 Å². The molecule has 1 aliphatic rings. The van der Waals surface area contributed by atoms with Gasteiger partial charge in [-0.2, -0.15) is 4.98 Å². The summed E-state index contributed by atoms with van der Waals surface area (Å²) in [6.07, 6.45) is 4.23. The number of H-pyrrole nitrogens is 1. The Morgan fingerprint density at radius 1 is 1.20 bits per heavy atom. The van der Waals surface area contributed by atoms with E-state index in [0.29, 0.717) is 5.95 Å². The van der Waals surface area contributed by atoms with Crippen molar-refractivity contribution in [2.75, 3.05) is 29.9 Å². The molecule has 0 saturated carbocycles. The second-order valence-corrected chi connectivity index (χ2v) is 6.36. The molecule has 1 aromatic carbocycles. The summed E-state index contributed by atoms with van der Waals surface area (Å²) < 4.78 is 0. The maximum absolute atomic E-state index is 4.74. The molecule has 0 spiro atoms. The molecule has 0 radical (unpaired) electrons. The van der Waals surface area contributed by atoms with Gasteiger partial charge in [0.25, 0.3) is 0 Å². The Hall–Kier alpha value is -2.82. The summed E-state index contributed by atoms with van der Waals surface area (Å²) in [4.78, 5) is 15.0. The average molecular weight is 333 g/mol. The molecule has 5 heteroatoms. The van der Waals surface area contributed by atoms with Crippen molar-refractivity contribution in [3.63, 3.8) is 0 Å². The van der Waals surface area contributed by atoms with Crippen molar-refractivity contribution in [1.29, 1.82) is 0 Å². The van der Waals surface area contributed by atoms with Crippen LogP contribution in [-0.2, 0) is 0 Å². The van der Waals surface area contributed by atoms with E-state index in [1.165, 1.54) is 22.0 Å². The summed E-state index contributed by atoms with van der Waals surface area (Å²) in [5, 5.41) is 4.47. The van der Waals surface area contributed by atoms with Crippen LogP contribution in [0, 0.1) is 6.92 Å². The number of nitrogens with zero attached hydrogens (tertiary/aromatic N) is 3. The fourth-order valence-electron chi connectivity index (χ4n) is 3.40. The van der Waals surface area contributed by atoms with Gasteiger partial charge in [0.1, 0.15) is 5.82 Å². The number of aromatic nitrogens is 3. The van der Waals surface area contributed by atoms with Crippen molar-refractivity contribution in [2.24, 2.45) is 0 Å². The minimum atomic E-state index is 0.710. The molecule has 0 atom stereocenters. The van der Waals surface area contributed by atoms with Gasteiger partial charge < -0.3 is 15.2 Å². The van der Waals surface area contributed by atoms with Gasteiger partial charge in [-0.25, -0.2) is 4.98 Å². The molecule has 0 aliphatic carbocycles. The smallest absolute Gasteiger partial charge is 0.224 e. The van der Waals surface area contributed by atoms with Crippen LogP contribution in [0.1, 0.15) is 30.7 Å². The van der Waals surface area contributed by atoms with Crippen LogP contribution in [0.15, 0.2) is 30.5 Å². The maximum atomic E-state index is 4.74. The van der Waals surface area contributed by atoms with E-state index in [9.17, 15) is 0 Å². The predicted octanol–water partition coefficient (Wildman–Crippen LogP) is 4.08. The lowest BCUT2D eigenvalue weighted by Crippen LogP contribution is -2.30. The Morgan fingerprint density at radius 2 is 2.08 bits per heavy atom. The van der Waals surface area contributed by atoms with Crippen LogP contribution in [0.25, 0.3) is 22.6 Å². The van der Waals surface area contributed by atoms with Crippen LogP contribution in [0.5, 0.6) is 0 Å². The molecule has 0 bridgehead atoms. The van der Waals surface area contributed by atoms with E-state index in [1.54, 1.807) is 0 Å². The van der Waals surface area contributed by atoms with E-state index in [-0.39, 0.29) is 0 Å². The number of benzene rings is 1. The van der Waals surface area contributed by atoms with E-state index >= 15 is 0 Å². The van der Waals surface area contributed by atoms with Gasteiger partial charge in [-0.15, -0.1) is 0 Å². The molecule has 2 N–H and O–H groups in total. The predicted molar refractivity (Wildman–Crippen MR) is 105 cm³/mol. The first-order valence-corrected chi connectivity index (χ1v) is 8.85. The van der Waals surface area contributed by atoms with Crippen molar-refractivity contribution >= 4 is 34.3 Å². The fraction of sp³-hybridized carbons (Fsp3) is 0.300. The molecule has 0 fully saturated rings. The number of fused-ring (bicyclic) bond motifs is 2. The lowest BCUT2D eigenvalue weighted by molar-refractivity contribution is 0.868. The first-order valence-electron chi connectivity index (χ1n) is 8.85. The summed E-state index contributed by atoms with van der Waals surface area (Å²) in [5.41, 5.74) is 5.85. The van der Waals surface area contributed by atoms with Crippen LogP contribution < -0.4 is 10.2 Å². The molecule has 4 rings (SSSR count). The Morgan fingerprint density at radius 3 is 2.88 bits per heavy atom. The SMILES string of the molecule is CCNc1nc(C)c2c(n1)N(CC)CC(c1ccc3cc[nH]c3c1)=C2. The van der Waals surface area contributed by atoms with Crippen LogP contribution >= 0.6 is 0 Å². The zero-order chi connectivity index (χ0) is 17.4. The third-order valence-electron chi connectivity index (χ3n) is 4.74. The zero-order valence-corrected chi connectivity index (χ0v) is 14.9. The number of rotatable bonds is 4. The fourth-order valence-corrected chi connectivity index (χ4v) is 3.40. The van der Waals surface area contributed by atoms with E-state index in [2.05, 4.69) is 71.3 Å². The highest BCUT2D eigenvalue weighted by atomic mass is 15.2. The van der Waals surface area contributed by atoms with E-state index < -0.39 is 0 Å². The largest absolute Gasteiger partial charge is 0.361 e. The summed E-state index contributed by atoms with van der Waals surface area (Å²) in [6.45, 7) is 8.88. The second-order valence-electron chi connectivity index (χ2n) is 6.36. The van der Waals surface area contributed by atoms with Crippen molar-refractivity contribution in [1.82, 2.24) is 15.0 Å².